The molecule has 3 aromatic rings. The van der Waals surface area contributed by atoms with Gasteiger partial charge in [0.1, 0.15) is 0 Å². The number of hydrogen-bond donors (Lipinski definition) is 2. The van der Waals surface area contributed by atoms with Gasteiger partial charge in [-0.05, 0) is 11.5 Å². The lowest BCUT2D eigenvalue weighted by molar-refractivity contribution is 0.0427. The first-order valence-corrected chi connectivity index (χ1v) is 7.28. The molecular weight excluding hydrogens is 290 g/mol. The molecule has 112 valence electrons. The number of hydrogen-bond acceptors (Lipinski definition) is 4. The van der Waals surface area contributed by atoms with Crippen molar-refractivity contribution < 1.29 is 14.7 Å². The molecule has 1 aliphatic carbocycles. The van der Waals surface area contributed by atoms with E-state index in [9.17, 15) is 14.7 Å². The van der Waals surface area contributed by atoms with Gasteiger partial charge in [-0.2, -0.15) is 0 Å². The molecule has 4 nitrogen and oxygen atoms in total. The summed E-state index contributed by atoms with van der Waals surface area (Å²) in [7, 11) is 0. The Kier molecular flexibility index (Phi) is 2.83. The van der Waals surface area contributed by atoms with E-state index in [0.29, 0.717) is 5.69 Å². The zero-order chi connectivity index (χ0) is 16.0. The Balaban J connectivity index is 1.82. The Hall–Kier alpha value is -2.98. The monoisotopic (exact) mass is 303 g/mol. The van der Waals surface area contributed by atoms with Crippen LogP contribution in [0.25, 0.3) is 10.8 Å². The van der Waals surface area contributed by atoms with Crippen molar-refractivity contribution in [2.24, 2.45) is 0 Å². The largest absolute Gasteiger partial charge is 0.358 e. The third kappa shape index (κ3) is 1.89. The molecular formula is C19H13NO3. The van der Waals surface area contributed by atoms with Crippen LogP contribution in [0.3, 0.4) is 0 Å². The highest BCUT2D eigenvalue weighted by molar-refractivity contribution is 6.33. The van der Waals surface area contributed by atoms with Crippen molar-refractivity contribution in [1.29, 1.82) is 0 Å². The van der Waals surface area contributed by atoms with E-state index < -0.39 is 17.3 Å². The second-order valence-electron chi connectivity index (χ2n) is 5.57. The average Bonchev–Trinajstić information content (AvgIpc) is 2.78. The van der Waals surface area contributed by atoms with E-state index in [4.69, 9.17) is 0 Å². The number of rotatable bonds is 2. The van der Waals surface area contributed by atoms with Crippen molar-refractivity contribution in [2.45, 2.75) is 5.72 Å². The van der Waals surface area contributed by atoms with Gasteiger partial charge < -0.3 is 10.4 Å². The highest BCUT2D eigenvalue weighted by Gasteiger charge is 2.52. The molecule has 0 aliphatic heterocycles. The van der Waals surface area contributed by atoms with Gasteiger partial charge in [-0.25, -0.2) is 0 Å². The second kappa shape index (κ2) is 4.76. The molecule has 2 N–H and O–H groups in total. The highest BCUT2D eigenvalue weighted by Crippen LogP contribution is 2.33. The molecule has 4 heteroatoms. The molecule has 0 aromatic heterocycles. The maximum absolute atomic E-state index is 12.5. The lowest BCUT2D eigenvalue weighted by atomic mass is 10.0. The van der Waals surface area contributed by atoms with E-state index >= 15 is 0 Å². The van der Waals surface area contributed by atoms with Crippen molar-refractivity contribution in [3.8, 4) is 0 Å². The topological polar surface area (TPSA) is 66.4 Å². The van der Waals surface area contributed by atoms with Crippen LogP contribution in [0.1, 0.15) is 20.7 Å². The van der Waals surface area contributed by atoms with E-state index in [1.165, 1.54) is 0 Å². The van der Waals surface area contributed by atoms with E-state index in [0.717, 1.165) is 10.8 Å². The van der Waals surface area contributed by atoms with Crippen LogP contribution in [-0.2, 0) is 0 Å². The number of benzene rings is 3. The molecule has 0 amide bonds. The van der Waals surface area contributed by atoms with Gasteiger partial charge in [-0.1, -0.05) is 60.7 Å². The maximum Gasteiger partial charge on any atom is 0.266 e. The first-order chi connectivity index (χ1) is 11.1. The molecule has 0 bridgehead atoms. The van der Waals surface area contributed by atoms with Crippen molar-refractivity contribution in [1.82, 2.24) is 0 Å². The summed E-state index contributed by atoms with van der Waals surface area (Å²) in [6.45, 7) is 0. The van der Waals surface area contributed by atoms with Crippen LogP contribution in [0.15, 0.2) is 66.7 Å². The molecule has 0 heterocycles. The molecule has 0 saturated heterocycles. The zero-order valence-electron chi connectivity index (χ0n) is 12.1. The van der Waals surface area contributed by atoms with Crippen LogP contribution in [-0.4, -0.2) is 22.4 Å². The van der Waals surface area contributed by atoms with Gasteiger partial charge in [0.25, 0.3) is 5.72 Å². The van der Waals surface area contributed by atoms with Crippen LogP contribution in [0.5, 0.6) is 0 Å². The standard InChI is InChI=1S/C19H13NO3/c21-17-14-9-3-4-10-15(14)18(22)19(17,23)20-16-11-5-7-12-6-1-2-8-13(12)16/h1-11,20,23H. The number of carbonyl (C=O) groups is 2. The van der Waals surface area contributed by atoms with E-state index in [2.05, 4.69) is 5.32 Å². The predicted octanol–water partition coefficient (Wildman–Crippen LogP) is 3.02. The number of aliphatic hydroxyl groups is 1. The van der Waals surface area contributed by atoms with E-state index in [1.54, 1.807) is 30.3 Å². The van der Waals surface area contributed by atoms with Gasteiger partial charge in [0.2, 0.25) is 11.6 Å². The van der Waals surface area contributed by atoms with Crippen molar-refractivity contribution in [2.75, 3.05) is 5.32 Å². The van der Waals surface area contributed by atoms with Crippen molar-refractivity contribution in [3.05, 3.63) is 77.9 Å². The SMILES string of the molecule is O=C1c2ccccc2C(=O)C1(O)Nc1cccc2ccccc12. The smallest absolute Gasteiger partial charge is 0.266 e. The quantitative estimate of drug-likeness (QED) is 0.564. The fraction of sp³-hybridized carbons (Fsp3) is 0.0526. The fourth-order valence-corrected chi connectivity index (χ4v) is 3.01. The van der Waals surface area contributed by atoms with Crippen LogP contribution < -0.4 is 5.32 Å². The average molecular weight is 303 g/mol. The van der Waals surface area contributed by atoms with Crippen LogP contribution in [0.2, 0.25) is 0 Å². The van der Waals surface area contributed by atoms with Crippen LogP contribution in [0, 0.1) is 0 Å². The van der Waals surface area contributed by atoms with E-state index in [1.807, 2.05) is 36.4 Å². The molecule has 4 rings (SSSR count). The number of Topliss-reactive ketones (excluding diaryl/α,β-unsaturated/α-hetero) is 2. The third-order valence-electron chi connectivity index (χ3n) is 4.18. The molecule has 0 radical (unpaired) electrons. The summed E-state index contributed by atoms with van der Waals surface area (Å²) in [4.78, 5) is 25.1. The summed E-state index contributed by atoms with van der Waals surface area (Å²) in [5.41, 5.74) is -1.23. The zero-order valence-corrected chi connectivity index (χ0v) is 12.1. The maximum atomic E-state index is 12.5. The summed E-state index contributed by atoms with van der Waals surface area (Å²) in [5.74, 6) is -1.24. The van der Waals surface area contributed by atoms with Gasteiger partial charge in [-0.15, -0.1) is 0 Å². The molecule has 0 saturated carbocycles. The minimum atomic E-state index is -2.26. The van der Waals surface area contributed by atoms with E-state index in [-0.39, 0.29) is 11.1 Å². The van der Waals surface area contributed by atoms with Gasteiger partial charge in [0, 0.05) is 22.2 Å². The normalized spacial score (nSPS) is 15.7. The second-order valence-corrected chi connectivity index (χ2v) is 5.57. The summed E-state index contributed by atoms with van der Waals surface area (Å²) in [6.07, 6.45) is 0. The Morgan fingerprint density at radius 3 is 2.00 bits per heavy atom. The summed E-state index contributed by atoms with van der Waals surface area (Å²) in [5, 5.41) is 15.3. The molecule has 3 aromatic carbocycles. The van der Waals surface area contributed by atoms with Gasteiger partial charge >= 0.3 is 0 Å². The first-order valence-electron chi connectivity index (χ1n) is 7.28. The Morgan fingerprint density at radius 2 is 1.30 bits per heavy atom. The Morgan fingerprint density at radius 1 is 0.739 bits per heavy atom. The van der Waals surface area contributed by atoms with Gasteiger partial charge in [-0.3, -0.25) is 9.59 Å². The number of ketones is 2. The van der Waals surface area contributed by atoms with Crippen molar-refractivity contribution >= 4 is 28.0 Å². The van der Waals surface area contributed by atoms with Crippen LogP contribution >= 0.6 is 0 Å². The first kappa shape index (κ1) is 13.7. The van der Waals surface area contributed by atoms with Gasteiger partial charge in [0.15, 0.2) is 0 Å². The molecule has 0 atom stereocenters. The van der Waals surface area contributed by atoms with Crippen LogP contribution in [0.4, 0.5) is 5.69 Å². The Labute approximate surface area is 132 Å². The number of fused-ring (bicyclic) bond motifs is 2. The summed E-state index contributed by atoms with van der Waals surface area (Å²) < 4.78 is 0. The molecule has 23 heavy (non-hydrogen) atoms. The van der Waals surface area contributed by atoms with Gasteiger partial charge in [0.05, 0.1) is 0 Å². The van der Waals surface area contributed by atoms with Crippen molar-refractivity contribution in [3.63, 3.8) is 0 Å². The molecule has 0 spiro atoms. The molecule has 0 unspecified atom stereocenters. The number of carbonyl (C=O) groups excluding carboxylic acids is 2. The fourth-order valence-electron chi connectivity index (χ4n) is 3.01. The Bertz CT molecular complexity index is 921. The molecule has 1 aliphatic rings. The third-order valence-corrected chi connectivity index (χ3v) is 4.18. The lowest BCUT2D eigenvalue weighted by Gasteiger charge is -2.23. The molecule has 0 fully saturated rings. The summed E-state index contributed by atoms with van der Waals surface area (Å²) >= 11 is 0. The minimum absolute atomic E-state index is 0.243. The number of nitrogens with one attached hydrogen (secondary N) is 1. The predicted molar refractivity (Wildman–Crippen MR) is 87.6 cm³/mol. The minimum Gasteiger partial charge on any atom is -0.358 e. The highest BCUT2D eigenvalue weighted by atomic mass is 16.3. The lowest BCUT2D eigenvalue weighted by Crippen LogP contribution is -2.48. The summed E-state index contributed by atoms with van der Waals surface area (Å²) in [6, 6.07) is 19.5. The number of anilines is 1.